The van der Waals surface area contributed by atoms with E-state index in [1.807, 2.05) is 12.1 Å². The second kappa shape index (κ2) is 7.08. The average Bonchev–Trinajstić information content (AvgIpc) is 2.99. The molecule has 0 radical (unpaired) electrons. The molecule has 1 aromatic carbocycles. The van der Waals surface area contributed by atoms with Crippen molar-refractivity contribution in [3.63, 3.8) is 0 Å². The minimum absolute atomic E-state index is 0.0913. The second-order valence-electron chi connectivity index (χ2n) is 8.57. The van der Waals surface area contributed by atoms with Crippen LogP contribution in [0.15, 0.2) is 54.9 Å². The Hall–Kier alpha value is -2.20. The minimum Gasteiger partial charge on any atom is -0.338 e. The molecule has 1 saturated carbocycles. The summed E-state index contributed by atoms with van der Waals surface area (Å²) in [6.07, 6.45) is 8.75. The van der Waals surface area contributed by atoms with Gasteiger partial charge in [0, 0.05) is 37.4 Å². The van der Waals surface area contributed by atoms with Crippen LogP contribution >= 0.6 is 0 Å². The Morgan fingerprint density at radius 3 is 2.30 bits per heavy atom. The predicted octanol–water partition coefficient (Wildman–Crippen LogP) is 3.83. The molecule has 4 rings (SSSR count). The largest absolute Gasteiger partial charge is 0.338 e. The van der Waals surface area contributed by atoms with E-state index in [9.17, 15) is 4.79 Å². The summed E-state index contributed by atoms with van der Waals surface area (Å²) in [5, 5.41) is 0. The summed E-state index contributed by atoms with van der Waals surface area (Å²) >= 11 is 0. The van der Waals surface area contributed by atoms with E-state index in [2.05, 4.69) is 59.2 Å². The third-order valence-electron chi connectivity index (χ3n) is 6.83. The highest BCUT2D eigenvalue weighted by atomic mass is 16.2. The van der Waals surface area contributed by atoms with Crippen LogP contribution in [0.3, 0.4) is 0 Å². The van der Waals surface area contributed by atoms with Crippen LogP contribution in [0, 0.1) is 5.41 Å². The summed E-state index contributed by atoms with van der Waals surface area (Å²) in [7, 11) is 4.39. The second-order valence-corrected chi connectivity index (χ2v) is 8.57. The normalized spacial score (nSPS) is 28.3. The van der Waals surface area contributed by atoms with Gasteiger partial charge in [-0.2, -0.15) is 0 Å². The first-order valence-electron chi connectivity index (χ1n) is 9.93. The number of pyridine rings is 1. The van der Waals surface area contributed by atoms with Gasteiger partial charge >= 0.3 is 0 Å². The fourth-order valence-electron chi connectivity index (χ4n) is 5.11. The molecule has 27 heavy (non-hydrogen) atoms. The first kappa shape index (κ1) is 18.2. The zero-order chi connectivity index (χ0) is 18.9. The maximum atomic E-state index is 12.7. The maximum absolute atomic E-state index is 12.7. The van der Waals surface area contributed by atoms with Crippen molar-refractivity contribution < 1.29 is 4.79 Å². The molecule has 2 heterocycles. The van der Waals surface area contributed by atoms with Gasteiger partial charge < -0.3 is 4.90 Å². The number of carbonyl (C=O) groups excluding carboxylic acids is 1. The van der Waals surface area contributed by atoms with E-state index < -0.39 is 0 Å². The monoisotopic (exact) mass is 363 g/mol. The standard InChI is InChI=1S/C23H29N3O/c1-25(2)23(20-6-4-3-5-7-20)12-10-22(11-13-23)16-21(27)26(18-22)17-19-8-14-24-15-9-19/h3-9,14-15H,10-13,16-18H2,1-2H3. The molecule has 4 heteroatoms. The molecule has 1 spiro atoms. The summed E-state index contributed by atoms with van der Waals surface area (Å²) in [4.78, 5) is 21.2. The van der Waals surface area contributed by atoms with Gasteiger partial charge in [0.2, 0.25) is 5.91 Å². The minimum atomic E-state index is 0.0913. The van der Waals surface area contributed by atoms with Crippen LogP contribution in [0.5, 0.6) is 0 Å². The van der Waals surface area contributed by atoms with Crippen LogP contribution in [0.25, 0.3) is 0 Å². The third kappa shape index (κ3) is 3.39. The lowest BCUT2D eigenvalue weighted by Crippen LogP contribution is -2.47. The first-order chi connectivity index (χ1) is 13.0. The topological polar surface area (TPSA) is 36.4 Å². The number of nitrogens with zero attached hydrogens (tertiary/aromatic N) is 3. The number of likely N-dealkylation sites (tertiary alicyclic amines) is 1. The Balaban J connectivity index is 1.49. The molecule has 0 bridgehead atoms. The van der Waals surface area contributed by atoms with Crippen LogP contribution in [0.1, 0.15) is 43.2 Å². The summed E-state index contributed by atoms with van der Waals surface area (Å²) < 4.78 is 0. The van der Waals surface area contributed by atoms with Crippen molar-refractivity contribution in [1.29, 1.82) is 0 Å². The molecule has 0 atom stereocenters. The van der Waals surface area contributed by atoms with Gasteiger partial charge in [0.05, 0.1) is 0 Å². The number of carbonyl (C=O) groups is 1. The van der Waals surface area contributed by atoms with Gasteiger partial charge in [0.1, 0.15) is 0 Å². The summed E-state index contributed by atoms with van der Waals surface area (Å²) in [5.74, 6) is 0.309. The predicted molar refractivity (Wildman–Crippen MR) is 107 cm³/mol. The molecule has 142 valence electrons. The Morgan fingerprint density at radius 2 is 1.67 bits per heavy atom. The van der Waals surface area contributed by atoms with E-state index >= 15 is 0 Å². The average molecular weight is 364 g/mol. The number of hydrogen-bond donors (Lipinski definition) is 0. The molecule has 2 fully saturated rings. The molecule has 4 nitrogen and oxygen atoms in total. The quantitative estimate of drug-likeness (QED) is 0.828. The number of benzene rings is 1. The van der Waals surface area contributed by atoms with Crippen molar-refractivity contribution in [2.45, 2.75) is 44.2 Å². The van der Waals surface area contributed by atoms with E-state index in [0.717, 1.165) is 37.8 Å². The molecular weight excluding hydrogens is 334 g/mol. The number of hydrogen-bond acceptors (Lipinski definition) is 3. The van der Waals surface area contributed by atoms with E-state index in [1.54, 1.807) is 12.4 Å². The van der Waals surface area contributed by atoms with Gasteiger partial charge in [-0.05, 0) is 68.5 Å². The molecular formula is C23H29N3O. The van der Waals surface area contributed by atoms with Crippen LogP contribution < -0.4 is 0 Å². The highest BCUT2D eigenvalue weighted by Crippen LogP contribution is 2.52. The van der Waals surface area contributed by atoms with Crippen LogP contribution in [0.4, 0.5) is 0 Å². The van der Waals surface area contributed by atoms with E-state index in [-0.39, 0.29) is 11.0 Å². The van der Waals surface area contributed by atoms with Gasteiger partial charge in [-0.1, -0.05) is 30.3 Å². The summed E-state index contributed by atoms with van der Waals surface area (Å²) in [6.45, 7) is 1.60. The van der Waals surface area contributed by atoms with E-state index in [4.69, 9.17) is 0 Å². The lowest BCUT2D eigenvalue weighted by atomic mass is 9.64. The number of aromatic nitrogens is 1. The Bertz CT molecular complexity index is 780. The van der Waals surface area contributed by atoms with Crippen molar-refractivity contribution in [2.75, 3.05) is 20.6 Å². The molecule has 0 unspecified atom stereocenters. The van der Waals surface area contributed by atoms with E-state index in [0.29, 0.717) is 18.9 Å². The maximum Gasteiger partial charge on any atom is 0.223 e. The third-order valence-corrected chi connectivity index (χ3v) is 6.83. The van der Waals surface area contributed by atoms with Crippen LogP contribution in [0.2, 0.25) is 0 Å². The first-order valence-corrected chi connectivity index (χ1v) is 9.93. The molecule has 2 aromatic rings. The van der Waals surface area contributed by atoms with Crippen LogP contribution in [-0.4, -0.2) is 41.3 Å². The molecule has 1 aromatic heterocycles. The van der Waals surface area contributed by atoms with Gasteiger partial charge in [-0.25, -0.2) is 0 Å². The SMILES string of the molecule is CN(C)C1(c2ccccc2)CCC2(CC1)CC(=O)N(Cc1ccncc1)C2. The fourth-order valence-corrected chi connectivity index (χ4v) is 5.11. The molecule has 1 aliphatic carbocycles. The molecule has 1 aliphatic heterocycles. The zero-order valence-corrected chi connectivity index (χ0v) is 16.4. The lowest BCUT2D eigenvalue weighted by molar-refractivity contribution is -0.128. The van der Waals surface area contributed by atoms with Crippen molar-refractivity contribution in [3.05, 3.63) is 66.0 Å². The zero-order valence-electron chi connectivity index (χ0n) is 16.4. The number of rotatable bonds is 4. The highest BCUT2D eigenvalue weighted by Gasteiger charge is 2.50. The summed E-state index contributed by atoms with van der Waals surface area (Å²) in [6, 6.07) is 14.9. The van der Waals surface area contributed by atoms with Gasteiger partial charge in [0.15, 0.2) is 0 Å². The Kier molecular flexibility index (Phi) is 4.77. The van der Waals surface area contributed by atoms with Gasteiger partial charge in [-0.3, -0.25) is 14.7 Å². The van der Waals surface area contributed by atoms with Crippen molar-refractivity contribution >= 4 is 5.91 Å². The van der Waals surface area contributed by atoms with Gasteiger partial charge in [-0.15, -0.1) is 0 Å². The highest BCUT2D eigenvalue weighted by molar-refractivity contribution is 5.79. The molecule has 1 saturated heterocycles. The van der Waals surface area contributed by atoms with Crippen LogP contribution in [-0.2, 0) is 16.9 Å². The molecule has 0 N–H and O–H groups in total. The molecule has 1 amide bonds. The summed E-state index contributed by atoms with van der Waals surface area (Å²) in [5.41, 5.74) is 2.81. The molecule has 2 aliphatic rings. The van der Waals surface area contributed by atoms with E-state index in [1.165, 1.54) is 5.56 Å². The van der Waals surface area contributed by atoms with Crippen molar-refractivity contribution in [2.24, 2.45) is 5.41 Å². The smallest absolute Gasteiger partial charge is 0.223 e. The van der Waals surface area contributed by atoms with Crippen molar-refractivity contribution in [3.8, 4) is 0 Å². The number of amides is 1. The van der Waals surface area contributed by atoms with Crippen molar-refractivity contribution in [1.82, 2.24) is 14.8 Å². The fraction of sp³-hybridized carbons (Fsp3) is 0.478. The lowest BCUT2D eigenvalue weighted by Gasteiger charge is -2.48. The Morgan fingerprint density at radius 1 is 1.00 bits per heavy atom. The van der Waals surface area contributed by atoms with Gasteiger partial charge in [0.25, 0.3) is 0 Å². The Labute approximate surface area is 162 Å².